The number of nitrogens with zero attached hydrogens (tertiary/aromatic N) is 4. The van der Waals surface area contributed by atoms with Crippen molar-refractivity contribution in [2.75, 3.05) is 25.2 Å². The number of methoxy groups -OCH3 is 1. The van der Waals surface area contributed by atoms with Crippen molar-refractivity contribution in [2.45, 2.75) is 12.7 Å². The molecule has 0 atom stereocenters. The van der Waals surface area contributed by atoms with Crippen LogP contribution in [0.1, 0.15) is 5.56 Å². The lowest BCUT2D eigenvalue weighted by molar-refractivity contribution is -0.136. The maximum Gasteiger partial charge on any atom is 0.418 e. The summed E-state index contributed by atoms with van der Waals surface area (Å²) in [6, 6.07) is 5.61. The summed E-state index contributed by atoms with van der Waals surface area (Å²) in [5, 5.41) is 4.26. The molecule has 0 unspecified atom stereocenters. The summed E-state index contributed by atoms with van der Waals surface area (Å²) >= 11 is 1.04. The van der Waals surface area contributed by atoms with Gasteiger partial charge >= 0.3 is 6.18 Å². The first-order valence-corrected chi connectivity index (χ1v) is 8.45. The number of carbonyl (C=O) groups is 1. The Kier molecular flexibility index (Phi) is 5.23. The van der Waals surface area contributed by atoms with Crippen LogP contribution in [-0.2, 0) is 22.3 Å². The fraction of sp³-hybridized carbons (Fsp3) is 0.312. The Morgan fingerprint density at radius 3 is 2.81 bits per heavy atom. The predicted molar refractivity (Wildman–Crippen MR) is 91.1 cm³/mol. The van der Waals surface area contributed by atoms with Gasteiger partial charge in [0.05, 0.1) is 22.3 Å². The highest BCUT2D eigenvalue weighted by atomic mass is 32.1. The van der Waals surface area contributed by atoms with E-state index in [0.717, 1.165) is 17.4 Å². The molecule has 0 N–H and O–H groups in total. The zero-order valence-corrected chi connectivity index (χ0v) is 14.5. The molecule has 2 aromatic heterocycles. The Morgan fingerprint density at radius 2 is 2.15 bits per heavy atom. The molecule has 0 saturated heterocycles. The van der Waals surface area contributed by atoms with Crippen molar-refractivity contribution in [3.8, 4) is 0 Å². The molecule has 1 aromatic carbocycles. The van der Waals surface area contributed by atoms with E-state index in [1.807, 2.05) is 0 Å². The summed E-state index contributed by atoms with van der Waals surface area (Å²) in [6.07, 6.45) is -1.17. The molecule has 3 aromatic rings. The summed E-state index contributed by atoms with van der Waals surface area (Å²) < 4.78 is 46.5. The number of aromatic nitrogens is 3. The summed E-state index contributed by atoms with van der Waals surface area (Å²) in [5.74, 6) is -0.382. The fourth-order valence-corrected chi connectivity index (χ4v) is 3.48. The van der Waals surface area contributed by atoms with Gasteiger partial charge in [0.2, 0.25) is 0 Å². The largest absolute Gasteiger partial charge is 0.418 e. The summed E-state index contributed by atoms with van der Waals surface area (Å²) in [6.45, 7) is 0.400. The second kappa shape index (κ2) is 7.42. The Balaban J connectivity index is 1.96. The molecule has 0 radical (unpaired) electrons. The van der Waals surface area contributed by atoms with Crippen LogP contribution in [0.3, 0.4) is 0 Å². The number of rotatable bonds is 6. The van der Waals surface area contributed by atoms with E-state index in [1.165, 1.54) is 18.1 Å². The van der Waals surface area contributed by atoms with Gasteiger partial charge < -0.3 is 4.74 Å². The topological polar surface area (TPSA) is 60.2 Å². The zero-order chi connectivity index (χ0) is 18.7. The van der Waals surface area contributed by atoms with E-state index < -0.39 is 11.7 Å². The van der Waals surface area contributed by atoms with E-state index in [2.05, 4.69) is 10.1 Å². The molecule has 6 nitrogen and oxygen atoms in total. The van der Waals surface area contributed by atoms with Crippen molar-refractivity contribution in [1.82, 2.24) is 14.8 Å². The molecule has 0 aliphatic rings. The van der Waals surface area contributed by atoms with Gasteiger partial charge in [0.25, 0.3) is 5.91 Å². The number of hydrogen-bond donors (Lipinski definition) is 0. The number of thiazole rings is 1. The van der Waals surface area contributed by atoms with Gasteiger partial charge in [-0.05, 0) is 18.2 Å². The van der Waals surface area contributed by atoms with Crippen molar-refractivity contribution in [3.05, 3.63) is 42.2 Å². The molecule has 1 amide bonds. The average molecular weight is 384 g/mol. The molecule has 0 spiro atoms. The number of benzene rings is 1. The number of halogens is 3. The number of amides is 1. The van der Waals surface area contributed by atoms with Gasteiger partial charge in [0, 0.05) is 26.0 Å². The standard InChI is InChI=1S/C16H15F3N4O2S/c1-25-10-13(24)23(9-8-22-7-3-6-20-22)15-21-14-11(16(17,18)19)4-2-5-12(14)26-15/h2-7H,8-10H2,1H3. The van der Waals surface area contributed by atoms with Gasteiger partial charge in [-0.15, -0.1) is 0 Å². The monoisotopic (exact) mass is 384 g/mol. The van der Waals surface area contributed by atoms with Gasteiger partial charge in [-0.2, -0.15) is 18.3 Å². The van der Waals surface area contributed by atoms with Crippen molar-refractivity contribution < 1.29 is 22.7 Å². The van der Waals surface area contributed by atoms with Crippen LogP contribution in [0.15, 0.2) is 36.7 Å². The quantitative estimate of drug-likeness (QED) is 0.655. The zero-order valence-electron chi connectivity index (χ0n) is 13.7. The number of hydrogen-bond acceptors (Lipinski definition) is 5. The van der Waals surface area contributed by atoms with Crippen LogP contribution in [0.2, 0.25) is 0 Å². The number of para-hydroxylation sites is 1. The van der Waals surface area contributed by atoms with Crippen molar-refractivity contribution in [2.24, 2.45) is 0 Å². The number of anilines is 1. The third-order valence-corrected chi connectivity index (χ3v) is 4.67. The van der Waals surface area contributed by atoms with Gasteiger partial charge in [0.1, 0.15) is 6.61 Å². The maximum absolute atomic E-state index is 13.2. The van der Waals surface area contributed by atoms with Crippen LogP contribution in [-0.4, -0.2) is 40.9 Å². The number of carbonyl (C=O) groups excluding carboxylic acids is 1. The lowest BCUT2D eigenvalue weighted by Gasteiger charge is -2.19. The molecule has 2 heterocycles. The van der Waals surface area contributed by atoms with E-state index in [0.29, 0.717) is 11.2 Å². The highest BCUT2D eigenvalue weighted by molar-refractivity contribution is 7.22. The molecule has 0 aliphatic heterocycles. The molecule has 0 aliphatic carbocycles. The van der Waals surface area contributed by atoms with Gasteiger partial charge in [-0.3, -0.25) is 14.4 Å². The second-order valence-corrected chi connectivity index (χ2v) is 6.40. The van der Waals surface area contributed by atoms with Crippen LogP contribution in [0, 0.1) is 0 Å². The number of fused-ring (bicyclic) bond motifs is 1. The molecule has 3 rings (SSSR count). The van der Waals surface area contributed by atoms with E-state index in [1.54, 1.807) is 29.2 Å². The smallest absolute Gasteiger partial charge is 0.375 e. The number of ether oxygens (including phenoxy) is 1. The minimum atomic E-state index is -4.51. The minimum Gasteiger partial charge on any atom is -0.375 e. The van der Waals surface area contributed by atoms with Gasteiger partial charge in [-0.1, -0.05) is 17.4 Å². The van der Waals surface area contributed by atoms with E-state index in [4.69, 9.17) is 4.74 Å². The van der Waals surface area contributed by atoms with Crippen molar-refractivity contribution in [1.29, 1.82) is 0 Å². The Labute approximate surface area is 150 Å². The van der Waals surface area contributed by atoms with E-state index >= 15 is 0 Å². The Hall–Kier alpha value is -2.46. The lowest BCUT2D eigenvalue weighted by atomic mass is 10.2. The molecule has 10 heteroatoms. The third kappa shape index (κ3) is 3.86. The highest BCUT2D eigenvalue weighted by Crippen LogP contribution is 2.38. The Bertz CT molecular complexity index is 893. The van der Waals surface area contributed by atoms with Crippen LogP contribution in [0.5, 0.6) is 0 Å². The SMILES string of the molecule is COCC(=O)N(CCn1cccn1)c1nc2c(C(F)(F)F)cccc2s1. The van der Waals surface area contributed by atoms with Crippen LogP contribution in [0.25, 0.3) is 10.2 Å². The van der Waals surface area contributed by atoms with Crippen LogP contribution < -0.4 is 4.90 Å². The fourth-order valence-electron chi connectivity index (χ4n) is 2.44. The first-order chi connectivity index (χ1) is 12.4. The molecule has 0 bridgehead atoms. The van der Waals surface area contributed by atoms with Gasteiger partial charge in [-0.25, -0.2) is 4.98 Å². The van der Waals surface area contributed by atoms with Crippen LogP contribution in [0.4, 0.5) is 18.3 Å². The van der Waals surface area contributed by atoms with Crippen molar-refractivity contribution in [3.63, 3.8) is 0 Å². The van der Waals surface area contributed by atoms with Crippen molar-refractivity contribution >= 4 is 32.6 Å². The lowest BCUT2D eigenvalue weighted by Crippen LogP contribution is -2.36. The molecule has 138 valence electrons. The predicted octanol–water partition coefficient (Wildman–Crippen LogP) is 3.19. The average Bonchev–Trinajstić information content (AvgIpc) is 3.23. The normalized spacial score (nSPS) is 11.8. The molecular weight excluding hydrogens is 369 g/mol. The highest BCUT2D eigenvalue weighted by Gasteiger charge is 2.34. The first kappa shape index (κ1) is 18.3. The van der Waals surface area contributed by atoms with E-state index in [-0.39, 0.29) is 29.7 Å². The maximum atomic E-state index is 13.2. The molecule has 26 heavy (non-hydrogen) atoms. The molecule has 0 fully saturated rings. The summed E-state index contributed by atoms with van der Waals surface area (Å²) in [5.41, 5.74) is -0.974. The Morgan fingerprint density at radius 1 is 1.35 bits per heavy atom. The van der Waals surface area contributed by atoms with E-state index in [9.17, 15) is 18.0 Å². The molecule has 0 saturated carbocycles. The first-order valence-electron chi connectivity index (χ1n) is 7.63. The summed E-state index contributed by atoms with van der Waals surface area (Å²) in [4.78, 5) is 17.8. The minimum absolute atomic E-state index is 0.158. The molecular formula is C16H15F3N4O2S. The van der Waals surface area contributed by atoms with Gasteiger partial charge in [0.15, 0.2) is 5.13 Å². The second-order valence-electron chi connectivity index (χ2n) is 5.39. The van der Waals surface area contributed by atoms with Crippen LogP contribution >= 0.6 is 11.3 Å². The third-order valence-electron chi connectivity index (χ3n) is 3.62. The summed E-state index contributed by atoms with van der Waals surface area (Å²) in [7, 11) is 1.38. The number of alkyl halides is 3.